The van der Waals surface area contributed by atoms with E-state index in [-0.39, 0.29) is 0 Å². The normalized spacial score (nSPS) is 24.1. The first-order chi connectivity index (χ1) is 4.70. The van der Waals surface area contributed by atoms with Crippen molar-refractivity contribution in [2.75, 3.05) is 6.54 Å². The summed E-state index contributed by atoms with van der Waals surface area (Å²) in [5.41, 5.74) is 5.84. The largest absolute Gasteiger partial charge is 0.368 e. The summed E-state index contributed by atoms with van der Waals surface area (Å²) in [7, 11) is 0. The van der Waals surface area contributed by atoms with Crippen LogP contribution in [0.5, 0.6) is 0 Å². The summed E-state index contributed by atoms with van der Waals surface area (Å²) >= 11 is 0. The standard InChI is InChI=1S/C6H9N3O/c1-4-2-9-5(3-8-4)6(7)10/h2,5H,3H2,1H3,(H2,7,10). The van der Waals surface area contributed by atoms with E-state index < -0.39 is 11.9 Å². The fourth-order valence-corrected chi connectivity index (χ4v) is 0.680. The number of hydrogen-bond acceptors (Lipinski definition) is 3. The van der Waals surface area contributed by atoms with Gasteiger partial charge in [0.25, 0.3) is 0 Å². The molecule has 1 amide bonds. The molecule has 0 aromatic rings. The average molecular weight is 139 g/mol. The molecule has 0 spiro atoms. The van der Waals surface area contributed by atoms with Gasteiger partial charge in [-0.2, -0.15) is 0 Å². The number of rotatable bonds is 1. The molecule has 1 atom stereocenters. The Balaban J connectivity index is 2.60. The van der Waals surface area contributed by atoms with Gasteiger partial charge in [0, 0.05) is 11.9 Å². The number of hydrogen-bond donors (Lipinski definition) is 1. The molecule has 10 heavy (non-hydrogen) atoms. The molecule has 1 unspecified atom stereocenters. The van der Waals surface area contributed by atoms with E-state index in [1.54, 1.807) is 6.21 Å². The molecule has 0 aliphatic carbocycles. The van der Waals surface area contributed by atoms with Crippen molar-refractivity contribution in [2.24, 2.45) is 15.7 Å². The first-order valence-electron chi connectivity index (χ1n) is 3.03. The molecule has 2 N–H and O–H groups in total. The van der Waals surface area contributed by atoms with Crippen molar-refractivity contribution in [2.45, 2.75) is 13.0 Å². The minimum atomic E-state index is -0.441. The minimum Gasteiger partial charge on any atom is -0.368 e. The molecule has 0 saturated heterocycles. The van der Waals surface area contributed by atoms with Crippen molar-refractivity contribution >= 4 is 17.8 Å². The number of aliphatic imine (C=N–C) groups is 2. The van der Waals surface area contributed by atoms with Gasteiger partial charge in [-0.3, -0.25) is 14.8 Å². The third-order valence-corrected chi connectivity index (χ3v) is 1.28. The van der Waals surface area contributed by atoms with Gasteiger partial charge in [0.15, 0.2) is 0 Å². The number of carbonyl (C=O) groups is 1. The summed E-state index contributed by atoms with van der Waals surface area (Å²) in [6.45, 7) is 2.23. The van der Waals surface area contributed by atoms with Crippen LogP contribution < -0.4 is 5.73 Å². The number of nitrogens with zero attached hydrogens (tertiary/aromatic N) is 2. The van der Waals surface area contributed by atoms with Gasteiger partial charge in [0.05, 0.1) is 6.54 Å². The molecule has 54 valence electrons. The van der Waals surface area contributed by atoms with Crippen LogP contribution in [0.1, 0.15) is 6.92 Å². The Kier molecular flexibility index (Phi) is 1.80. The smallest absolute Gasteiger partial charge is 0.244 e. The Morgan fingerprint density at radius 3 is 3.00 bits per heavy atom. The highest BCUT2D eigenvalue weighted by atomic mass is 16.1. The van der Waals surface area contributed by atoms with E-state index in [1.165, 1.54) is 0 Å². The van der Waals surface area contributed by atoms with Crippen molar-refractivity contribution < 1.29 is 4.79 Å². The summed E-state index contributed by atoms with van der Waals surface area (Å²) in [6, 6.07) is -0.441. The monoisotopic (exact) mass is 139 g/mol. The third-order valence-electron chi connectivity index (χ3n) is 1.28. The number of amides is 1. The van der Waals surface area contributed by atoms with Crippen molar-refractivity contribution in [1.82, 2.24) is 0 Å². The maximum absolute atomic E-state index is 10.5. The van der Waals surface area contributed by atoms with E-state index >= 15 is 0 Å². The van der Waals surface area contributed by atoms with Gasteiger partial charge in [-0.15, -0.1) is 0 Å². The molecule has 1 rings (SSSR count). The Hall–Kier alpha value is -1.19. The van der Waals surface area contributed by atoms with Gasteiger partial charge < -0.3 is 5.73 Å². The molecular formula is C6H9N3O. The first kappa shape index (κ1) is 6.92. The number of primary amides is 1. The third kappa shape index (κ3) is 1.40. The van der Waals surface area contributed by atoms with Gasteiger partial charge >= 0.3 is 0 Å². The Morgan fingerprint density at radius 1 is 1.90 bits per heavy atom. The first-order valence-corrected chi connectivity index (χ1v) is 3.03. The van der Waals surface area contributed by atoms with Crippen molar-refractivity contribution in [3.63, 3.8) is 0 Å². The van der Waals surface area contributed by atoms with Gasteiger partial charge in [-0.1, -0.05) is 0 Å². The topological polar surface area (TPSA) is 67.8 Å². The fraction of sp³-hybridized carbons (Fsp3) is 0.500. The molecule has 1 heterocycles. The number of carbonyl (C=O) groups excluding carboxylic acids is 1. The predicted octanol–water partition coefficient (Wildman–Crippen LogP) is -0.614. The molecule has 1 aliphatic heterocycles. The van der Waals surface area contributed by atoms with E-state index in [0.717, 1.165) is 5.71 Å². The molecule has 0 bridgehead atoms. The van der Waals surface area contributed by atoms with E-state index in [0.29, 0.717) is 6.54 Å². The molecule has 0 aromatic carbocycles. The summed E-state index contributed by atoms with van der Waals surface area (Å²) < 4.78 is 0. The zero-order valence-electron chi connectivity index (χ0n) is 5.74. The summed E-state index contributed by atoms with van der Waals surface area (Å²) in [5, 5.41) is 0. The molecule has 0 fully saturated rings. The zero-order chi connectivity index (χ0) is 7.56. The van der Waals surface area contributed by atoms with Crippen LogP contribution in [0, 0.1) is 0 Å². The lowest BCUT2D eigenvalue weighted by Gasteiger charge is -2.08. The second kappa shape index (κ2) is 2.60. The maximum atomic E-state index is 10.5. The Labute approximate surface area is 58.9 Å². The highest BCUT2D eigenvalue weighted by Gasteiger charge is 2.14. The highest BCUT2D eigenvalue weighted by molar-refractivity contribution is 6.30. The van der Waals surface area contributed by atoms with E-state index in [9.17, 15) is 4.79 Å². The average Bonchev–Trinajstić information content (AvgIpc) is 1.88. The van der Waals surface area contributed by atoms with Crippen molar-refractivity contribution in [3.8, 4) is 0 Å². The number of nitrogens with two attached hydrogens (primary N) is 1. The van der Waals surface area contributed by atoms with Crippen LogP contribution in [0.15, 0.2) is 9.98 Å². The van der Waals surface area contributed by atoms with E-state index in [4.69, 9.17) is 5.73 Å². The predicted molar refractivity (Wildman–Crippen MR) is 39.5 cm³/mol. The van der Waals surface area contributed by atoms with Crippen LogP contribution in [0.4, 0.5) is 0 Å². The summed E-state index contributed by atoms with van der Waals surface area (Å²) in [6.07, 6.45) is 1.57. The summed E-state index contributed by atoms with van der Waals surface area (Å²) in [5.74, 6) is -0.410. The Morgan fingerprint density at radius 2 is 2.60 bits per heavy atom. The van der Waals surface area contributed by atoms with Crippen molar-refractivity contribution in [1.29, 1.82) is 0 Å². The SMILES string of the molecule is CC1=NCC(C(N)=O)N=C1. The lowest BCUT2D eigenvalue weighted by Crippen LogP contribution is -2.32. The van der Waals surface area contributed by atoms with Gasteiger partial charge in [-0.05, 0) is 6.92 Å². The Bertz CT molecular complexity index is 207. The van der Waals surface area contributed by atoms with Gasteiger partial charge in [0.2, 0.25) is 5.91 Å². The quantitative estimate of drug-likeness (QED) is 0.517. The van der Waals surface area contributed by atoms with Crippen LogP contribution in [0.3, 0.4) is 0 Å². The second-order valence-electron chi connectivity index (χ2n) is 2.18. The van der Waals surface area contributed by atoms with Crippen LogP contribution in [-0.2, 0) is 4.79 Å². The van der Waals surface area contributed by atoms with Crippen LogP contribution >= 0.6 is 0 Å². The van der Waals surface area contributed by atoms with E-state index in [1.807, 2.05) is 6.92 Å². The van der Waals surface area contributed by atoms with E-state index in [2.05, 4.69) is 9.98 Å². The van der Waals surface area contributed by atoms with Gasteiger partial charge in [-0.25, -0.2) is 0 Å². The van der Waals surface area contributed by atoms with Crippen molar-refractivity contribution in [3.05, 3.63) is 0 Å². The van der Waals surface area contributed by atoms with Gasteiger partial charge in [0.1, 0.15) is 6.04 Å². The lowest BCUT2D eigenvalue weighted by molar-refractivity contribution is -0.118. The van der Waals surface area contributed by atoms with Crippen LogP contribution in [0.25, 0.3) is 0 Å². The molecule has 0 aromatic heterocycles. The minimum absolute atomic E-state index is 0.400. The lowest BCUT2D eigenvalue weighted by atomic mass is 10.2. The highest BCUT2D eigenvalue weighted by Crippen LogP contribution is 1.95. The van der Waals surface area contributed by atoms with Crippen LogP contribution in [-0.4, -0.2) is 30.4 Å². The maximum Gasteiger partial charge on any atom is 0.244 e. The molecule has 4 heteroatoms. The summed E-state index contributed by atoms with van der Waals surface area (Å²) in [4.78, 5) is 18.4. The molecular weight excluding hydrogens is 130 g/mol. The second-order valence-corrected chi connectivity index (χ2v) is 2.18. The fourth-order valence-electron chi connectivity index (χ4n) is 0.680. The molecule has 0 saturated carbocycles. The van der Waals surface area contributed by atoms with Crippen LogP contribution in [0.2, 0.25) is 0 Å². The zero-order valence-corrected chi connectivity index (χ0v) is 5.74. The molecule has 0 radical (unpaired) electrons. The molecule has 1 aliphatic rings. The molecule has 4 nitrogen and oxygen atoms in total.